The van der Waals surface area contributed by atoms with Crippen LogP contribution in [0.2, 0.25) is 0 Å². The number of aryl methyl sites for hydroxylation is 1. The molecule has 0 aliphatic carbocycles. The van der Waals surface area contributed by atoms with Crippen LogP contribution in [0.1, 0.15) is 15.4 Å². The van der Waals surface area contributed by atoms with Crippen molar-refractivity contribution in [1.82, 2.24) is 4.98 Å². The Labute approximate surface area is 135 Å². The summed E-state index contributed by atoms with van der Waals surface area (Å²) in [5.41, 5.74) is 1.08. The second kappa shape index (κ2) is 6.27. The van der Waals surface area contributed by atoms with Gasteiger partial charge in [0.05, 0.1) is 5.56 Å². The predicted molar refractivity (Wildman–Crippen MR) is 84.6 cm³/mol. The summed E-state index contributed by atoms with van der Waals surface area (Å²) in [7, 11) is 0. The molecule has 0 saturated heterocycles. The van der Waals surface area contributed by atoms with Crippen molar-refractivity contribution in [2.45, 2.75) is 6.92 Å². The maximum atomic E-state index is 14.1. The molecule has 114 valence electrons. The summed E-state index contributed by atoms with van der Waals surface area (Å²) in [6.07, 6.45) is 1.71. The Balaban J connectivity index is 1.91. The normalized spacial score (nSPS) is 10.3. The second-order valence-electron chi connectivity index (χ2n) is 4.85. The van der Waals surface area contributed by atoms with Gasteiger partial charge in [-0.1, -0.05) is 18.1 Å². The van der Waals surface area contributed by atoms with Gasteiger partial charge < -0.3 is 0 Å². The third kappa shape index (κ3) is 3.43. The Morgan fingerprint density at radius 2 is 1.57 bits per heavy atom. The van der Waals surface area contributed by atoms with E-state index < -0.39 is 17.5 Å². The van der Waals surface area contributed by atoms with Crippen LogP contribution in [0.3, 0.4) is 0 Å². The van der Waals surface area contributed by atoms with Crippen molar-refractivity contribution in [3.05, 3.63) is 75.5 Å². The molecule has 0 N–H and O–H groups in total. The van der Waals surface area contributed by atoms with Gasteiger partial charge in [0.1, 0.15) is 5.82 Å². The molecule has 0 radical (unpaired) electrons. The summed E-state index contributed by atoms with van der Waals surface area (Å²) in [4.78, 5) is 5.12. The van der Waals surface area contributed by atoms with Crippen LogP contribution in [0, 0.1) is 36.2 Å². The topological polar surface area (TPSA) is 12.9 Å². The number of hydrogen-bond acceptors (Lipinski definition) is 2. The van der Waals surface area contributed by atoms with Crippen LogP contribution in [-0.4, -0.2) is 4.98 Å². The smallest absolute Gasteiger partial charge is 0.167 e. The van der Waals surface area contributed by atoms with Crippen LogP contribution in [0.25, 0.3) is 11.1 Å². The lowest BCUT2D eigenvalue weighted by Gasteiger charge is -2.04. The van der Waals surface area contributed by atoms with E-state index in [0.29, 0.717) is 16.1 Å². The molecule has 1 heterocycles. The highest BCUT2D eigenvalue weighted by molar-refractivity contribution is 7.12. The number of nitrogens with zero attached hydrogens (tertiary/aromatic N) is 1. The lowest BCUT2D eigenvalue weighted by atomic mass is 10.0. The maximum absolute atomic E-state index is 14.1. The molecule has 0 bridgehead atoms. The first kappa shape index (κ1) is 15.3. The van der Waals surface area contributed by atoms with Gasteiger partial charge in [-0.25, -0.2) is 18.2 Å². The molecule has 0 saturated carbocycles. The fourth-order valence-electron chi connectivity index (χ4n) is 2.01. The minimum atomic E-state index is -0.967. The highest BCUT2D eigenvalue weighted by Gasteiger charge is 2.07. The number of aromatic nitrogens is 1. The van der Waals surface area contributed by atoms with Crippen molar-refractivity contribution in [2.24, 2.45) is 0 Å². The fourth-order valence-corrected chi connectivity index (χ4v) is 2.62. The quantitative estimate of drug-likeness (QED) is 0.577. The van der Waals surface area contributed by atoms with Crippen LogP contribution < -0.4 is 0 Å². The van der Waals surface area contributed by atoms with E-state index in [1.165, 1.54) is 29.5 Å². The van der Waals surface area contributed by atoms with Crippen molar-refractivity contribution in [3.8, 4) is 23.0 Å². The SMILES string of the molecule is Cc1cnc(C#Cc2ccc(-c3ccc(F)c(F)c3)cc2F)s1. The van der Waals surface area contributed by atoms with Gasteiger partial charge in [0.25, 0.3) is 0 Å². The van der Waals surface area contributed by atoms with Gasteiger partial charge in [0.15, 0.2) is 16.6 Å². The van der Waals surface area contributed by atoms with Crippen molar-refractivity contribution in [3.63, 3.8) is 0 Å². The van der Waals surface area contributed by atoms with E-state index in [1.54, 1.807) is 12.3 Å². The highest BCUT2D eigenvalue weighted by Crippen LogP contribution is 2.23. The first-order valence-corrected chi connectivity index (χ1v) is 7.54. The van der Waals surface area contributed by atoms with Gasteiger partial charge in [-0.2, -0.15) is 0 Å². The highest BCUT2D eigenvalue weighted by atomic mass is 32.1. The molecule has 0 aliphatic heterocycles. The lowest BCUT2D eigenvalue weighted by molar-refractivity contribution is 0.509. The number of benzene rings is 2. The van der Waals surface area contributed by atoms with Crippen LogP contribution in [0.15, 0.2) is 42.6 Å². The van der Waals surface area contributed by atoms with Gasteiger partial charge in [0, 0.05) is 11.1 Å². The minimum Gasteiger partial charge on any atom is -0.236 e. The zero-order valence-corrected chi connectivity index (χ0v) is 12.8. The molecule has 0 unspecified atom stereocenters. The molecular formula is C18H10F3NS. The summed E-state index contributed by atoms with van der Waals surface area (Å²) >= 11 is 1.43. The molecule has 0 amide bonds. The van der Waals surface area contributed by atoms with E-state index >= 15 is 0 Å². The van der Waals surface area contributed by atoms with Gasteiger partial charge in [0.2, 0.25) is 0 Å². The van der Waals surface area contributed by atoms with Crippen LogP contribution in [0.4, 0.5) is 13.2 Å². The zero-order chi connectivity index (χ0) is 16.4. The molecule has 1 aromatic heterocycles. The Hall–Kier alpha value is -2.58. The van der Waals surface area contributed by atoms with Crippen LogP contribution in [-0.2, 0) is 0 Å². The second-order valence-corrected chi connectivity index (χ2v) is 6.08. The molecule has 0 atom stereocenters. The molecule has 0 aliphatic rings. The molecule has 5 heteroatoms. The van der Waals surface area contributed by atoms with Crippen LogP contribution in [0.5, 0.6) is 0 Å². The van der Waals surface area contributed by atoms with Gasteiger partial charge in [-0.15, -0.1) is 11.3 Å². The monoisotopic (exact) mass is 329 g/mol. The largest absolute Gasteiger partial charge is 0.236 e. The zero-order valence-electron chi connectivity index (χ0n) is 12.0. The van der Waals surface area contributed by atoms with Crippen molar-refractivity contribution in [2.75, 3.05) is 0 Å². The number of hydrogen-bond donors (Lipinski definition) is 0. The van der Waals surface area contributed by atoms with E-state index in [0.717, 1.165) is 17.0 Å². The number of rotatable bonds is 1. The van der Waals surface area contributed by atoms with Gasteiger partial charge in [-0.05, 0) is 48.2 Å². The van der Waals surface area contributed by atoms with Crippen molar-refractivity contribution in [1.29, 1.82) is 0 Å². The number of thiazole rings is 1. The molecule has 2 aromatic carbocycles. The Morgan fingerprint density at radius 3 is 2.17 bits per heavy atom. The molecule has 3 rings (SSSR count). The summed E-state index contributed by atoms with van der Waals surface area (Å²) in [5, 5.41) is 0.617. The Morgan fingerprint density at radius 1 is 0.870 bits per heavy atom. The molecule has 23 heavy (non-hydrogen) atoms. The summed E-state index contributed by atoms with van der Waals surface area (Å²) in [5.74, 6) is 3.11. The van der Waals surface area contributed by atoms with E-state index in [9.17, 15) is 13.2 Å². The average molecular weight is 329 g/mol. The Bertz CT molecular complexity index is 935. The maximum Gasteiger partial charge on any atom is 0.167 e. The van der Waals surface area contributed by atoms with Gasteiger partial charge >= 0.3 is 0 Å². The predicted octanol–water partition coefficient (Wildman–Crippen LogP) is 4.94. The standard InChI is InChI=1S/C18H10F3NS/c1-11-10-22-18(23-11)7-5-12-2-3-13(8-16(12)20)14-4-6-15(19)17(21)9-14/h2-4,6,8-10H,1H3. The Kier molecular flexibility index (Phi) is 4.18. The van der Waals surface area contributed by atoms with Crippen molar-refractivity contribution >= 4 is 11.3 Å². The summed E-state index contributed by atoms with van der Waals surface area (Å²) in [6.45, 7) is 1.92. The fraction of sp³-hybridized carbons (Fsp3) is 0.0556. The molecule has 1 nitrogen and oxygen atoms in total. The average Bonchev–Trinajstić information content (AvgIpc) is 2.94. The molecule has 0 fully saturated rings. The summed E-state index contributed by atoms with van der Waals surface area (Å²) < 4.78 is 40.3. The number of halogens is 3. The first-order chi connectivity index (χ1) is 11.0. The summed E-state index contributed by atoms with van der Waals surface area (Å²) in [6, 6.07) is 7.84. The van der Waals surface area contributed by atoms with E-state index in [2.05, 4.69) is 16.8 Å². The minimum absolute atomic E-state index is 0.226. The van der Waals surface area contributed by atoms with Gasteiger partial charge in [-0.3, -0.25) is 0 Å². The van der Waals surface area contributed by atoms with Crippen molar-refractivity contribution < 1.29 is 13.2 Å². The van der Waals surface area contributed by atoms with E-state index in [1.807, 2.05) is 6.92 Å². The lowest BCUT2D eigenvalue weighted by Crippen LogP contribution is -1.89. The third-order valence-electron chi connectivity index (χ3n) is 3.15. The van der Waals surface area contributed by atoms with E-state index in [4.69, 9.17) is 0 Å². The third-order valence-corrected chi connectivity index (χ3v) is 3.98. The molecular weight excluding hydrogens is 319 g/mol. The van der Waals surface area contributed by atoms with Crippen LogP contribution >= 0.6 is 11.3 Å². The molecule has 3 aromatic rings. The van der Waals surface area contributed by atoms with E-state index in [-0.39, 0.29) is 5.56 Å². The first-order valence-electron chi connectivity index (χ1n) is 6.72. The molecule has 0 spiro atoms.